The highest BCUT2D eigenvalue weighted by atomic mass is 35.5. The summed E-state index contributed by atoms with van der Waals surface area (Å²) in [6, 6.07) is 3.39. The van der Waals surface area contributed by atoms with Crippen molar-refractivity contribution in [1.82, 2.24) is 15.2 Å². The minimum atomic E-state index is 0. The summed E-state index contributed by atoms with van der Waals surface area (Å²) in [6.45, 7) is 2.66. The first-order chi connectivity index (χ1) is 8.70. The Morgan fingerprint density at radius 2 is 2.05 bits per heavy atom. The maximum atomic E-state index is 12.2. The quantitative estimate of drug-likeness (QED) is 0.920. The first-order valence-electron chi connectivity index (χ1n) is 6.26. The number of halogens is 3. The van der Waals surface area contributed by atoms with Gasteiger partial charge in [-0.2, -0.15) is 0 Å². The predicted molar refractivity (Wildman–Crippen MR) is 86.3 cm³/mol. The molecule has 0 bridgehead atoms. The minimum absolute atomic E-state index is 0. The standard InChI is InChI=1S/C13H18ClN3O.2ClH/c1-15-8-10-4-6-17(7-5-10)13(18)12-3-2-11(14)9-16-12;;/h2-3,9-10,15H,4-8H2,1H3;2*1H. The summed E-state index contributed by atoms with van der Waals surface area (Å²) in [5, 5.41) is 3.74. The Balaban J connectivity index is 0.00000180. The van der Waals surface area contributed by atoms with Gasteiger partial charge >= 0.3 is 0 Å². The summed E-state index contributed by atoms with van der Waals surface area (Å²) in [7, 11) is 1.97. The molecule has 1 aliphatic rings. The van der Waals surface area contributed by atoms with Crippen LogP contribution in [0.3, 0.4) is 0 Å². The smallest absolute Gasteiger partial charge is 0.272 e. The molecule has 0 atom stereocenters. The molecule has 0 unspecified atom stereocenters. The summed E-state index contributed by atoms with van der Waals surface area (Å²) in [5.41, 5.74) is 0.478. The van der Waals surface area contributed by atoms with Crippen molar-refractivity contribution in [3.05, 3.63) is 29.0 Å². The molecule has 2 heterocycles. The van der Waals surface area contributed by atoms with Crippen LogP contribution in [0, 0.1) is 5.92 Å². The number of hydrogen-bond acceptors (Lipinski definition) is 3. The molecule has 1 amide bonds. The summed E-state index contributed by atoms with van der Waals surface area (Å²) in [5.74, 6) is 0.687. The van der Waals surface area contributed by atoms with E-state index in [1.165, 1.54) is 6.20 Å². The molecule has 1 aromatic heterocycles. The van der Waals surface area contributed by atoms with Gasteiger partial charge in [0.15, 0.2) is 0 Å². The molecular formula is C13H20Cl3N3O. The van der Waals surface area contributed by atoms with Gasteiger partial charge in [0.2, 0.25) is 0 Å². The van der Waals surface area contributed by atoms with Gasteiger partial charge in [-0.15, -0.1) is 24.8 Å². The lowest BCUT2D eigenvalue weighted by molar-refractivity contribution is 0.0685. The lowest BCUT2D eigenvalue weighted by Crippen LogP contribution is -2.40. The molecule has 20 heavy (non-hydrogen) atoms. The average molecular weight is 341 g/mol. The molecule has 1 saturated heterocycles. The zero-order valence-electron chi connectivity index (χ0n) is 11.3. The molecule has 1 aromatic rings. The Morgan fingerprint density at radius 1 is 1.40 bits per heavy atom. The van der Waals surface area contributed by atoms with Gasteiger partial charge in [0.25, 0.3) is 5.91 Å². The predicted octanol–water partition coefficient (Wildman–Crippen LogP) is 2.65. The van der Waals surface area contributed by atoms with Gasteiger partial charge in [-0.05, 0) is 44.5 Å². The molecule has 0 aliphatic carbocycles. The SMILES string of the molecule is CNCC1CCN(C(=O)c2ccc(Cl)cn2)CC1.Cl.Cl. The highest BCUT2D eigenvalue weighted by Gasteiger charge is 2.23. The fourth-order valence-electron chi connectivity index (χ4n) is 2.29. The van der Waals surface area contributed by atoms with E-state index >= 15 is 0 Å². The Bertz CT molecular complexity index is 406. The molecule has 0 aromatic carbocycles. The molecule has 1 N–H and O–H groups in total. The zero-order valence-corrected chi connectivity index (χ0v) is 13.7. The monoisotopic (exact) mass is 339 g/mol. The number of piperidine rings is 1. The molecule has 4 nitrogen and oxygen atoms in total. The summed E-state index contributed by atoms with van der Waals surface area (Å²) < 4.78 is 0. The number of pyridine rings is 1. The van der Waals surface area contributed by atoms with Gasteiger partial charge < -0.3 is 10.2 Å². The van der Waals surface area contributed by atoms with Gasteiger partial charge in [-0.3, -0.25) is 4.79 Å². The van der Waals surface area contributed by atoms with E-state index in [0.717, 1.165) is 32.5 Å². The van der Waals surface area contributed by atoms with Crippen molar-refractivity contribution >= 4 is 42.3 Å². The van der Waals surface area contributed by atoms with Crippen LogP contribution < -0.4 is 5.32 Å². The Kier molecular flexibility index (Phi) is 9.14. The van der Waals surface area contributed by atoms with E-state index in [0.29, 0.717) is 16.6 Å². The van der Waals surface area contributed by atoms with Gasteiger partial charge in [0.05, 0.1) is 5.02 Å². The van der Waals surface area contributed by atoms with Crippen LogP contribution in [0.5, 0.6) is 0 Å². The molecule has 2 rings (SSSR count). The Hall–Kier alpha value is -0.550. The van der Waals surface area contributed by atoms with Crippen LogP contribution in [0.4, 0.5) is 0 Å². The number of rotatable bonds is 3. The van der Waals surface area contributed by atoms with Crippen molar-refractivity contribution in [3.63, 3.8) is 0 Å². The second-order valence-electron chi connectivity index (χ2n) is 4.65. The third kappa shape index (κ3) is 5.09. The largest absolute Gasteiger partial charge is 0.337 e. The third-order valence-electron chi connectivity index (χ3n) is 3.34. The van der Waals surface area contributed by atoms with Gasteiger partial charge in [0.1, 0.15) is 5.69 Å². The first kappa shape index (κ1) is 19.4. The first-order valence-corrected chi connectivity index (χ1v) is 6.64. The number of amides is 1. The maximum absolute atomic E-state index is 12.2. The fourth-order valence-corrected chi connectivity index (χ4v) is 2.40. The van der Waals surface area contributed by atoms with Crippen LogP contribution in [0.25, 0.3) is 0 Å². The number of nitrogens with one attached hydrogen (secondary N) is 1. The van der Waals surface area contributed by atoms with E-state index < -0.39 is 0 Å². The van der Waals surface area contributed by atoms with Crippen LogP contribution in [0.15, 0.2) is 18.3 Å². The van der Waals surface area contributed by atoms with Gasteiger partial charge in [0, 0.05) is 19.3 Å². The van der Waals surface area contributed by atoms with Crippen molar-refractivity contribution in [2.75, 3.05) is 26.7 Å². The van der Waals surface area contributed by atoms with E-state index in [2.05, 4.69) is 10.3 Å². The number of aromatic nitrogens is 1. The van der Waals surface area contributed by atoms with Gasteiger partial charge in [-0.25, -0.2) is 4.98 Å². The maximum Gasteiger partial charge on any atom is 0.272 e. The van der Waals surface area contributed by atoms with Crippen molar-refractivity contribution in [2.45, 2.75) is 12.8 Å². The van der Waals surface area contributed by atoms with Gasteiger partial charge in [-0.1, -0.05) is 11.6 Å². The molecule has 114 valence electrons. The Labute approximate surface area is 137 Å². The van der Waals surface area contributed by atoms with E-state index in [4.69, 9.17) is 11.6 Å². The number of hydrogen-bond donors (Lipinski definition) is 1. The zero-order chi connectivity index (χ0) is 13.0. The van der Waals surface area contributed by atoms with E-state index in [1.807, 2.05) is 11.9 Å². The van der Waals surface area contributed by atoms with Crippen molar-refractivity contribution in [1.29, 1.82) is 0 Å². The number of carbonyl (C=O) groups excluding carboxylic acids is 1. The van der Waals surface area contributed by atoms with E-state index in [-0.39, 0.29) is 30.7 Å². The molecule has 0 spiro atoms. The summed E-state index contributed by atoms with van der Waals surface area (Å²) in [4.78, 5) is 18.1. The fraction of sp³-hybridized carbons (Fsp3) is 0.538. The second-order valence-corrected chi connectivity index (χ2v) is 5.09. The number of likely N-dealkylation sites (tertiary alicyclic amines) is 1. The number of carbonyl (C=O) groups is 1. The average Bonchev–Trinajstić information content (AvgIpc) is 2.40. The van der Waals surface area contributed by atoms with Crippen LogP contribution in [-0.2, 0) is 0 Å². The van der Waals surface area contributed by atoms with E-state index in [1.54, 1.807) is 12.1 Å². The van der Waals surface area contributed by atoms with Crippen molar-refractivity contribution in [2.24, 2.45) is 5.92 Å². The molecule has 1 aliphatic heterocycles. The summed E-state index contributed by atoms with van der Waals surface area (Å²) >= 11 is 5.76. The summed E-state index contributed by atoms with van der Waals surface area (Å²) in [6.07, 6.45) is 3.63. The highest BCUT2D eigenvalue weighted by molar-refractivity contribution is 6.30. The Morgan fingerprint density at radius 3 is 2.55 bits per heavy atom. The lowest BCUT2D eigenvalue weighted by atomic mass is 9.96. The van der Waals surface area contributed by atoms with Crippen molar-refractivity contribution in [3.8, 4) is 0 Å². The van der Waals surface area contributed by atoms with Crippen LogP contribution >= 0.6 is 36.4 Å². The van der Waals surface area contributed by atoms with Crippen LogP contribution in [-0.4, -0.2) is 42.5 Å². The molecule has 0 radical (unpaired) electrons. The van der Waals surface area contributed by atoms with Crippen LogP contribution in [0.1, 0.15) is 23.3 Å². The normalized spacial score (nSPS) is 15.2. The highest BCUT2D eigenvalue weighted by Crippen LogP contribution is 2.18. The van der Waals surface area contributed by atoms with Crippen molar-refractivity contribution < 1.29 is 4.79 Å². The molecule has 7 heteroatoms. The number of nitrogens with zero attached hydrogens (tertiary/aromatic N) is 2. The second kappa shape index (κ2) is 9.40. The minimum Gasteiger partial charge on any atom is -0.337 e. The lowest BCUT2D eigenvalue weighted by Gasteiger charge is -2.31. The molecular weight excluding hydrogens is 321 g/mol. The van der Waals surface area contributed by atoms with Crippen LogP contribution in [0.2, 0.25) is 5.02 Å². The molecule has 1 fully saturated rings. The van der Waals surface area contributed by atoms with E-state index in [9.17, 15) is 4.79 Å². The third-order valence-corrected chi connectivity index (χ3v) is 3.56. The topological polar surface area (TPSA) is 45.2 Å². The molecule has 0 saturated carbocycles.